The van der Waals surface area contributed by atoms with Gasteiger partial charge in [0.05, 0.1) is 38.2 Å². The topological polar surface area (TPSA) is 154 Å². The maximum atomic E-state index is 14.1. The second kappa shape index (κ2) is 13.3. The summed E-state index contributed by atoms with van der Waals surface area (Å²) in [5.41, 5.74) is 17.7. The predicted octanol–water partition coefficient (Wildman–Crippen LogP) is 4.25. The lowest BCUT2D eigenvalue weighted by Gasteiger charge is -2.31. The van der Waals surface area contributed by atoms with E-state index >= 15 is 0 Å². The number of nitrogens with one attached hydrogen (secondary N) is 1. The van der Waals surface area contributed by atoms with Crippen molar-refractivity contribution in [1.29, 1.82) is 0 Å². The molecule has 224 valence electrons. The summed E-state index contributed by atoms with van der Waals surface area (Å²) in [6.07, 6.45) is 1.99. The molecule has 10 heteroatoms. The van der Waals surface area contributed by atoms with Gasteiger partial charge in [-0.2, -0.15) is 0 Å². The van der Waals surface area contributed by atoms with Gasteiger partial charge in [0.2, 0.25) is 11.8 Å². The largest absolute Gasteiger partial charge is 0.496 e. The highest BCUT2D eigenvalue weighted by Crippen LogP contribution is 2.28. The molecule has 0 bridgehead atoms. The van der Waals surface area contributed by atoms with Crippen LogP contribution in [0.4, 0.5) is 0 Å². The van der Waals surface area contributed by atoms with Gasteiger partial charge in [-0.05, 0) is 79.3 Å². The van der Waals surface area contributed by atoms with E-state index < -0.39 is 24.0 Å². The third-order valence-corrected chi connectivity index (χ3v) is 7.57. The summed E-state index contributed by atoms with van der Waals surface area (Å²) in [6, 6.07) is 16.9. The fraction of sp³-hybridized carbons (Fsp3) is 0.273. The van der Waals surface area contributed by atoms with Crippen molar-refractivity contribution >= 4 is 17.8 Å². The van der Waals surface area contributed by atoms with Crippen LogP contribution in [0.15, 0.2) is 66.9 Å². The van der Waals surface area contributed by atoms with E-state index in [0.717, 1.165) is 27.9 Å². The number of nitrogens with zero attached hydrogens (tertiary/aromatic N) is 2. The number of esters is 1. The highest BCUT2D eigenvalue weighted by atomic mass is 16.5. The van der Waals surface area contributed by atoms with Gasteiger partial charge < -0.3 is 30.8 Å². The van der Waals surface area contributed by atoms with Gasteiger partial charge in [0.25, 0.3) is 0 Å². The Morgan fingerprint density at radius 2 is 1.67 bits per heavy atom. The van der Waals surface area contributed by atoms with Gasteiger partial charge in [0.1, 0.15) is 17.1 Å². The average molecular weight is 584 g/mol. The van der Waals surface area contributed by atoms with E-state index in [4.69, 9.17) is 20.9 Å². The summed E-state index contributed by atoms with van der Waals surface area (Å²) in [5, 5.41) is 0. The maximum Gasteiger partial charge on any atom is 0.341 e. The van der Waals surface area contributed by atoms with Gasteiger partial charge in [0.15, 0.2) is 0 Å². The van der Waals surface area contributed by atoms with Gasteiger partial charge >= 0.3 is 5.97 Å². The number of H-pyrrole nitrogens is 1. The number of hydrogen-bond donors (Lipinski definition) is 3. The van der Waals surface area contributed by atoms with E-state index in [-0.39, 0.29) is 24.4 Å². The molecule has 4 rings (SSSR count). The molecule has 0 aliphatic heterocycles. The number of hydrogen-bond acceptors (Lipinski definition) is 7. The molecule has 10 nitrogen and oxygen atoms in total. The molecule has 0 aliphatic rings. The Morgan fingerprint density at radius 3 is 2.28 bits per heavy atom. The first-order valence-electron chi connectivity index (χ1n) is 13.9. The summed E-state index contributed by atoms with van der Waals surface area (Å²) >= 11 is 0. The number of aromatic nitrogens is 2. The fourth-order valence-corrected chi connectivity index (χ4v) is 5.16. The highest BCUT2D eigenvalue weighted by molar-refractivity contribution is 5.93. The highest BCUT2D eigenvalue weighted by Gasteiger charge is 2.29. The molecule has 0 saturated carbocycles. The molecule has 0 radical (unpaired) electrons. The van der Waals surface area contributed by atoms with Crippen molar-refractivity contribution in [3.05, 3.63) is 106 Å². The Kier molecular flexibility index (Phi) is 9.62. The first kappa shape index (κ1) is 31.0. The number of carbonyl (C=O) groups is 3. The van der Waals surface area contributed by atoms with Crippen LogP contribution < -0.4 is 16.2 Å². The van der Waals surface area contributed by atoms with Crippen molar-refractivity contribution in [2.75, 3.05) is 14.2 Å². The number of aromatic amines is 1. The normalized spacial score (nSPS) is 12.3. The maximum absolute atomic E-state index is 14.1. The van der Waals surface area contributed by atoms with E-state index in [1.165, 1.54) is 14.2 Å². The third kappa shape index (κ3) is 6.92. The van der Waals surface area contributed by atoms with Crippen LogP contribution >= 0.6 is 0 Å². The first-order valence-corrected chi connectivity index (χ1v) is 13.9. The summed E-state index contributed by atoms with van der Waals surface area (Å²) in [4.78, 5) is 47.9. The standard InChI is InChI=1S/C33H37N5O5/c1-19-13-24(30(35)39)14-20(2)25(19)16-27(34)32(40)38(18-22-11-12-29(42-4)26(15-22)33(41)43-5)21(3)31-36-17-28(37-31)23-9-7-6-8-10-23/h6-15,17,21,27H,16,18,34H2,1-5H3,(H2,35,39)(H,36,37)/t21-,27+/m1/s1. The number of imidazole rings is 1. The predicted molar refractivity (Wildman–Crippen MR) is 163 cm³/mol. The number of aryl methyl sites for hydroxylation is 2. The third-order valence-electron chi connectivity index (χ3n) is 7.57. The summed E-state index contributed by atoms with van der Waals surface area (Å²) in [7, 11) is 2.77. The molecule has 43 heavy (non-hydrogen) atoms. The zero-order valence-electron chi connectivity index (χ0n) is 25.0. The Bertz CT molecular complexity index is 1610. The zero-order valence-corrected chi connectivity index (χ0v) is 25.0. The van der Waals surface area contributed by atoms with Crippen molar-refractivity contribution in [3.8, 4) is 17.0 Å². The van der Waals surface area contributed by atoms with Crippen LogP contribution in [0.5, 0.6) is 5.75 Å². The Morgan fingerprint density at radius 1 is 1.00 bits per heavy atom. The molecule has 0 unspecified atom stereocenters. The number of nitrogens with two attached hydrogens (primary N) is 2. The van der Waals surface area contributed by atoms with Crippen molar-refractivity contribution in [2.45, 2.75) is 45.8 Å². The monoisotopic (exact) mass is 583 g/mol. The molecule has 2 amide bonds. The molecule has 4 aromatic rings. The van der Waals surface area contributed by atoms with Crippen LogP contribution in [-0.2, 0) is 22.5 Å². The summed E-state index contributed by atoms with van der Waals surface area (Å²) < 4.78 is 10.3. The molecule has 0 fully saturated rings. The molecule has 2 atom stereocenters. The minimum Gasteiger partial charge on any atom is -0.496 e. The van der Waals surface area contributed by atoms with Crippen LogP contribution in [0.1, 0.15) is 61.8 Å². The van der Waals surface area contributed by atoms with Gasteiger partial charge in [-0.1, -0.05) is 36.4 Å². The average Bonchev–Trinajstić information content (AvgIpc) is 3.51. The molecular formula is C33H37N5O5. The molecule has 3 aromatic carbocycles. The van der Waals surface area contributed by atoms with Gasteiger partial charge in [-0.25, -0.2) is 9.78 Å². The molecule has 5 N–H and O–H groups in total. The summed E-state index contributed by atoms with van der Waals surface area (Å²) in [6.45, 7) is 5.75. The molecule has 1 heterocycles. The lowest BCUT2D eigenvalue weighted by atomic mass is 9.93. The fourth-order valence-electron chi connectivity index (χ4n) is 5.16. The van der Waals surface area contributed by atoms with Gasteiger partial charge in [-0.3, -0.25) is 9.59 Å². The van der Waals surface area contributed by atoms with Crippen LogP contribution in [0.25, 0.3) is 11.3 Å². The number of rotatable bonds is 11. The SMILES string of the molecule is COC(=O)c1cc(CN(C(=O)[C@@H](N)Cc2c(C)cc(C(N)=O)cc2C)[C@H](C)c2ncc(-c3ccccc3)[nH]2)ccc1OC. The Balaban J connectivity index is 1.69. The van der Waals surface area contributed by atoms with Crippen molar-refractivity contribution < 1.29 is 23.9 Å². The van der Waals surface area contributed by atoms with Crippen LogP contribution in [0.2, 0.25) is 0 Å². The minimum absolute atomic E-state index is 0.141. The van der Waals surface area contributed by atoms with E-state index in [0.29, 0.717) is 22.7 Å². The van der Waals surface area contributed by atoms with Crippen LogP contribution in [0, 0.1) is 13.8 Å². The quantitative estimate of drug-likeness (QED) is 0.223. The minimum atomic E-state index is -0.902. The van der Waals surface area contributed by atoms with E-state index in [9.17, 15) is 14.4 Å². The van der Waals surface area contributed by atoms with Crippen molar-refractivity contribution in [3.63, 3.8) is 0 Å². The number of ether oxygens (including phenoxy) is 2. The van der Waals surface area contributed by atoms with E-state index in [1.54, 1.807) is 41.4 Å². The number of amides is 2. The van der Waals surface area contributed by atoms with Gasteiger partial charge in [0, 0.05) is 12.1 Å². The Hall–Kier alpha value is -4.96. The number of primary amides is 1. The van der Waals surface area contributed by atoms with Crippen molar-refractivity contribution in [2.24, 2.45) is 11.5 Å². The number of carbonyl (C=O) groups excluding carboxylic acids is 3. The van der Waals surface area contributed by atoms with Crippen molar-refractivity contribution in [1.82, 2.24) is 14.9 Å². The molecule has 0 saturated heterocycles. The van der Waals surface area contributed by atoms with E-state index in [1.807, 2.05) is 51.1 Å². The number of benzene rings is 3. The Labute approximate surface area is 251 Å². The zero-order chi connectivity index (χ0) is 31.3. The summed E-state index contributed by atoms with van der Waals surface area (Å²) in [5.74, 6) is -0.428. The first-order chi connectivity index (χ1) is 20.5. The van der Waals surface area contributed by atoms with Gasteiger partial charge in [-0.15, -0.1) is 0 Å². The second-order valence-electron chi connectivity index (χ2n) is 10.5. The van der Waals surface area contributed by atoms with E-state index in [2.05, 4.69) is 9.97 Å². The number of methoxy groups -OCH3 is 2. The molecule has 0 spiro atoms. The lowest BCUT2D eigenvalue weighted by Crippen LogP contribution is -2.46. The second-order valence-corrected chi connectivity index (χ2v) is 10.5. The molecule has 0 aliphatic carbocycles. The lowest BCUT2D eigenvalue weighted by molar-refractivity contribution is -0.135. The smallest absolute Gasteiger partial charge is 0.341 e. The molecular weight excluding hydrogens is 546 g/mol. The molecule has 1 aromatic heterocycles. The van der Waals surface area contributed by atoms with Crippen LogP contribution in [0.3, 0.4) is 0 Å². The van der Waals surface area contributed by atoms with Crippen LogP contribution in [-0.4, -0.2) is 52.9 Å².